The molecule has 0 unspecified atom stereocenters. The van der Waals surface area contributed by atoms with Gasteiger partial charge in [-0.05, 0) is 38.6 Å². The van der Waals surface area contributed by atoms with Gasteiger partial charge < -0.3 is 10.1 Å². The first-order chi connectivity index (χ1) is 7.24. The molecule has 0 heterocycles. The van der Waals surface area contributed by atoms with E-state index in [1.807, 2.05) is 0 Å². The van der Waals surface area contributed by atoms with Crippen LogP contribution in [0.3, 0.4) is 0 Å². The summed E-state index contributed by atoms with van der Waals surface area (Å²) < 4.78 is 4.59. The smallest absolute Gasteiger partial charge is 0.305 e. The fraction of sp³-hybridized carbons (Fsp3) is 0.917. The van der Waals surface area contributed by atoms with E-state index in [9.17, 15) is 4.79 Å². The van der Waals surface area contributed by atoms with Gasteiger partial charge in [0.2, 0.25) is 0 Å². The van der Waals surface area contributed by atoms with Gasteiger partial charge in [-0.1, -0.05) is 12.8 Å². The Labute approximate surface area is 92.6 Å². The fourth-order valence-electron chi connectivity index (χ4n) is 2.29. The van der Waals surface area contributed by atoms with Crippen LogP contribution in [0, 0.1) is 5.92 Å². The van der Waals surface area contributed by atoms with Crippen molar-refractivity contribution in [1.82, 2.24) is 5.32 Å². The second-order valence-electron chi connectivity index (χ2n) is 4.47. The van der Waals surface area contributed by atoms with Crippen LogP contribution in [0.15, 0.2) is 0 Å². The second kappa shape index (κ2) is 6.83. The highest BCUT2D eigenvalue weighted by molar-refractivity contribution is 5.69. The van der Waals surface area contributed by atoms with E-state index >= 15 is 0 Å². The quantitative estimate of drug-likeness (QED) is 0.542. The van der Waals surface area contributed by atoms with E-state index in [0.717, 1.165) is 18.9 Å². The van der Waals surface area contributed by atoms with Crippen LogP contribution < -0.4 is 5.32 Å². The Morgan fingerprint density at radius 1 is 1.47 bits per heavy atom. The molecule has 15 heavy (non-hydrogen) atoms. The van der Waals surface area contributed by atoms with E-state index in [1.165, 1.54) is 32.8 Å². The Bertz CT molecular complexity index is 188. The summed E-state index contributed by atoms with van der Waals surface area (Å²) in [6.45, 7) is 3.18. The van der Waals surface area contributed by atoms with Gasteiger partial charge in [0.25, 0.3) is 0 Å². The Morgan fingerprint density at radius 3 is 2.73 bits per heavy atom. The molecule has 0 aliphatic heterocycles. The SMILES string of the molecule is COC(=O)CCCN[C@@H](C)C1CCCC1. The molecule has 0 saturated heterocycles. The summed E-state index contributed by atoms with van der Waals surface area (Å²) in [5.74, 6) is 0.744. The average Bonchev–Trinajstić information content (AvgIpc) is 2.77. The Balaban J connectivity index is 2.01. The van der Waals surface area contributed by atoms with Gasteiger partial charge in [-0.25, -0.2) is 0 Å². The molecule has 0 aromatic rings. The summed E-state index contributed by atoms with van der Waals surface area (Å²) in [6.07, 6.45) is 6.92. The minimum absolute atomic E-state index is 0.106. The molecule has 3 heteroatoms. The summed E-state index contributed by atoms with van der Waals surface area (Å²) in [5, 5.41) is 3.50. The molecule has 0 amide bonds. The van der Waals surface area contributed by atoms with Crippen molar-refractivity contribution in [3.8, 4) is 0 Å². The topological polar surface area (TPSA) is 38.3 Å². The van der Waals surface area contributed by atoms with Crippen molar-refractivity contribution in [2.24, 2.45) is 5.92 Å². The number of carbonyl (C=O) groups is 1. The van der Waals surface area contributed by atoms with Crippen molar-refractivity contribution < 1.29 is 9.53 Å². The van der Waals surface area contributed by atoms with E-state index in [2.05, 4.69) is 17.0 Å². The molecule has 1 aliphatic carbocycles. The number of nitrogens with one attached hydrogen (secondary N) is 1. The van der Waals surface area contributed by atoms with E-state index in [1.54, 1.807) is 0 Å². The third-order valence-electron chi connectivity index (χ3n) is 3.36. The highest BCUT2D eigenvalue weighted by Crippen LogP contribution is 2.27. The van der Waals surface area contributed by atoms with Crippen LogP contribution in [0.5, 0.6) is 0 Å². The number of methoxy groups -OCH3 is 1. The first-order valence-electron chi connectivity index (χ1n) is 6.04. The standard InChI is InChI=1S/C12H23NO2/c1-10(11-6-3-4-7-11)13-9-5-8-12(14)15-2/h10-11,13H,3-9H2,1-2H3/t10-/m0/s1. The lowest BCUT2D eigenvalue weighted by atomic mass is 10.00. The maximum atomic E-state index is 10.9. The lowest BCUT2D eigenvalue weighted by molar-refractivity contribution is -0.140. The number of rotatable bonds is 6. The zero-order chi connectivity index (χ0) is 11.1. The number of ether oxygens (including phenoxy) is 1. The van der Waals surface area contributed by atoms with Crippen LogP contribution in [0.25, 0.3) is 0 Å². The minimum atomic E-state index is -0.106. The van der Waals surface area contributed by atoms with Crippen LogP contribution in [-0.4, -0.2) is 25.7 Å². The number of esters is 1. The second-order valence-corrected chi connectivity index (χ2v) is 4.47. The van der Waals surface area contributed by atoms with Gasteiger partial charge in [0.1, 0.15) is 0 Å². The summed E-state index contributed by atoms with van der Waals surface area (Å²) in [6, 6.07) is 0.602. The van der Waals surface area contributed by atoms with E-state index in [-0.39, 0.29) is 5.97 Å². The first-order valence-corrected chi connectivity index (χ1v) is 6.04. The monoisotopic (exact) mass is 213 g/mol. The molecule has 0 aromatic heterocycles. The lowest BCUT2D eigenvalue weighted by Gasteiger charge is -2.20. The van der Waals surface area contributed by atoms with Crippen molar-refractivity contribution in [3.63, 3.8) is 0 Å². The van der Waals surface area contributed by atoms with Crippen LogP contribution in [0.1, 0.15) is 45.4 Å². The van der Waals surface area contributed by atoms with E-state index in [0.29, 0.717) is 12.5 Å². The van der Waals surface area contributed by atoms with Crippen molar-refractivity contribution in [3.05, 3.63) is 0 Å². The number of hydrogen-bond acceptors (Lipinski definition) is 3. The molecule has 1 saturated carbocycles. The Hall–Kier alpha value is -0.570. The van der Waals surface area contributed by atoms with Crippen molar-refractivity contribution >= 4 is 5.97 Å². The molecule has 1 fully saturated rings. The van der Waals surface area contributed by atoms with Crippen molar-refractivity contribution in [2.45, 2.75) is 51.5 Å². The maximum Gasteiger partial charge on any atom is 0.305 e. The van der Waals surface area contributed by atoms with Gasteiger partial charge in [0.15, 0.2) is 0 Å². The molecule has 0 bridgehead atoms. The molecule has 1 N–H and O–H groups in total. The number of hydrogen-bond donors (Lipinski definition) is 1. The van der Waals surface area contributed by atoms with E-state index < -0.39 is 0 Å². The molecule has 88 valence electrons. The highest BCUT2D eigenvalue weighted by Gasteiger charge is 2.20. The van der Waals surface area contributed by atoms with Crippen molar-refractivity contribution in [1.29, 1.82) is 0 Å². The predicted octanol–water partition coefficient (Wildman–Crippen LogP) is 2.11. The Kier molecular flexibility index (Phi) is 5.69. The normalized spacial score (nSPS) is 19.1. The molecule has 0 aromatic carbocycles. The van der Waals surface area contributed by atoms with Crippen LogP contribution in [0.4, 0.5) is 0 Å². The van der Waals surface area contributed by atoms with Crippen LogP contribution in [0.2, 0.25) is 0 Å². The summed E-state index contributed by atoms with van der Waals surface area (Å²) >= 11 is 0. The molecular weight excluding hydrogens is 190 g/mol. The Morgan fingerprint density at radius 2 is 2.13 bits per heavy atom. The van der Waals surface area contributed by atoms with E-state index in [4.69, 9.17) is 0 Å². The fourth-order valence-corrected chi connectivity index (χ4v) is 2.29. The van der Waals surface area contributed by atoms with Gasteiger partial charge in [-0.2, -0.15) is 0 Å². The molecule has 0 spiro atoms. The lowest BCUT2D eigenvalue weighted by Crippen LogP contribution is -2.33. The van der Waals surface area contributed by atoms with Gasteiger partial charge in [-0.3, -0.25) is 4.79 Å². The molecule has 3 nitrogen and oxygen atoms in total. The third kappa shape index (κ3) is 4.65. The zero-order valence-corrected chi connectivity index (χ0v) is 9.92. The van der Waals surface area contributed by atoms with Gasteiger partial charge in [0.05, 0.1) is 7.11 Å². The van der Waals surface area contributed by atoms with Gasteiger partial charge in [-0.15, -0.1) is 0 Å². The molecule has 1 rings (SSSR count). The van der Waals surface area contributed by atoms with Gasteiger partial charge in [0, 0.05) is 12.5 Å². The zero-order valence-electron chi connectivity index (χ0n) is 9.92. The average molecular weight is 213 g/mol. The van der Waals surface area contributed by atoms with Gasteiger partial charge >= 0.3 is 5.97 Å². The van der Waals surface area contributed by atoms with Crippen LogP contribution in [-0.2, 0) is 9.53 Å². The molecular formula is C12H23NO2. The van der Waals surface area contributed by atoms with Crippen molar-refractivity contribution in [2.75, 3.05) is 13.7 Å². The summed E-state index contributed by atoms with van der Waals surface area (Å²) in [5.41, 5.74) is 0. The molecule has 1 atom stereocenters. The largest absolute Gasteiger partial charge is 0.469 e. The molecule has 0 radical (unpaired) electrons. The molecule has 1 aliphatic rings. The van der Waals surface area contributed by atoms with Crippen LogP contribution >= 0.6 is 0 Å². The first kappa shape index (κ1) is 12.5. The number of carbonyl (C=O) groups excluding carboxylic acids is 1. The third-order valence-corrected chi connectivity index (χ3v) is 3.36. The highest BCUT2D eigenvalue weighted by atomic mass is 16.5. The maximum absolute atomic E-state index is 10.9. The predicted molar refractivity (Wildman–Crippen MR) is 60.7 cm³/mol. The minimum Gasteiger partial charge on any atom is -0.469 e. The summed E-state index contributed by atoms with van der Waals surface area (Å²) in [4.78, 5) is 10.9. The summed E-state index contributed by atoms with van der Waals surface area (Å²) in [7, 11) is 1.44.